The van der Waals surface area contributed by atoms with Crippen molar-refractivity contribution in [2.45, 2.75) is 32.1 Å². The molecule has 0 saturated carbocycles. The lowest BCUT2D eigenvalue weighted by Gasteiger charge is -2.26. The number of carbonyl (C=O) groups is 3. The summed E-state index contributed by atoms with van der Waals surface area (Å²) in [4.78, 5) is 41.2. The van der Waals surface area contributed by atoms with Gasteiger partial charge >= 0.3 is 0 Å². The van der Waals surface area contributed by atoms with Gasteiger partial charge in [0.1, 0.15) is 0 Å². The van der Waals surface area contributed by atoms with E-state index in [9.17, 15) is 14.4 Å². The molecule has 7 heteroatoms. The Balaban J connectivity index is 1.28. The first kappa shape index (κ1) is 21.9. The molecule has 0 spiro atoms. The Kier molecular flexibility index (Phi) is 7.04. The Morgan fingerprint density at radius 3 is 1.94 bits per heavy atom. The molecule has 0 radical (unpaired) electrons. The molecule has 0 atom stereocenters. The molecule has 4 rings (SSSR count). The molecule has 168 valence electrons. The average Bonchev–Trinajstić information content (AvgIpc) is 3.38. The number of anilines is 2. The quantitative estimate of drug-likeness (QED) is 0.728. The second-order valence-corrected chi connectivity index (χ2v) is 8.41. The van der Waals surface area contributed by atoms with Gasteiger partial charge in [-0.15, -0.1) is 0 Å². The third kappa shape index (κ3) is 5.46. The van der Waals surface area contributed by atoms with E-state index in [1.54, 1.807) is 36.4 Å². The molecule has 3 amide bonds. The van der Waals surface area contributed by atoms with Gasteiger partial charge in [0.15, 0.2) is 0 Å². The minimum Gasteiger partial charge on any atom is -0.376 e. The van der Waals surface area contributed by atoms with Crippen LogP contribution in [0, 0.1) is 0 Å². The molecule has 2 aromatic rings. The van der Waals surface area contributed by atoms with Crippen molar-refractivity contribution in [2.24, 2.45) is 0 Å². The number of nitrogens with one attached hydrogen (secondary N) is 2. The lowest BCUT2D eigenvalue weighted by Crippen LogP contribution is -2.35. The van der Waals surface area contributed by atoms with E-state index in [0.717, 1.165) is 57.5 Å². The molecule has 0 aliphatic carbocycles. The summed E-state index contributed by atoms with van der Waals surface area (Å²) >= 11 is 0. The second-order valence-electron chi connectivity index (χ2n) is 8.41. The first-order valence-electron chi connectivity index (χ1n) is 11.4. The number of rotatable bonds is 6. The summed E-state index contributed by atoms with van der Waals surface area (Å²) < 4.78 is 0. The molecule has 32 heavy (non-hydrogen) atoms. The number of amides is 3. The minimum atomic E-state index is -0.204. The summed E-state index contributed by atoms with van der Waals surface area (Å²) in [6, 6.07) is 14.3. The zero-order valence-electron chi connectivity index (χ0n) is 18.3. The van der Waals surface area contributed by atoms with Crippen LogP contribution in [0.15, 0.2) is 48.5 Å². The molecule has 2 aliphatic heterocycles. The van der Waals surface area contributed by atoms with E-state index in [0.29, 0.717) is 16.8 Å². The Labute approximate surface area is 188 Å². The number of hydrogen-bond donors (Lipinski definition) is 2. The number of carbonyl (C=O) groups excluding carboxylic acids is 3. The third-order valence-corrected chi connectivity index (χ3v) is 6.01. The molecule has 0 unspecified atom stereocenters. The average molecular weight is 435 g/mol. The van der Waals surface area contributed by atoms with Crippen LogP contribution in [-0.2, 0) is 4.79 Å². The molecule has 2 aliphatic rings. The zero-order chi connectivity index (χ0) is 22.3. The molecule has 7 nitrogen and oxygen atoms in total. The summed E-state index contributed by atoms with van der Waals surface area (Å²) in [7, 11) is 0. The number of likely N-dealkylation sites (tertiary alicyclic amines) is 2. The molecule has 2 N–H and O–H groups in total. The van der Waals surface area contributed by atoms with Crippen LogP contribution in [0.2, 0.25) is 0 Å². The second kappa shape index (κ2) is 10.3. The van der Waals surface area contributed by atoms with Gasteiger partial charge in [-0.25, -0.2) is 0 Å². The van der Waals surface area contributed by atoms with Gasteiger partial charge in [-0.05, 0) is 74.6 Å². The van der Waals surface area contributed by atoms with Gasteiger partial charge in [-0.1, -0.05) is 6.07 Å². The van der Waals surface area contributed by atoms with Crippen molar-refractivity contribution in [1.29, 1.82) is 0 Å². The van der Waals surface area contributed by atoms with Gasteiger partial charge in [0.2, 0.25) is 5.91 Å². The highest BCUT2D eigenvalue weighted by Gasteiger charge is 2.20. The Morgan fingerprint density at radius 1 is 0.688 bits per heavy atom. The topological polar surface area (TPSA) is 81.8 Å². The van der Waals surface area contributed by atoms with Crippen molar-refractivity contribution in [2.75, 3.05) is 43.4 Å². The Hall–Kier alpha value is -3.35. The van der Waals surface area contributed by atoms with Crippen LogP contribution >= 0.6 is 0 Å². The van der Waals surface area contributed by atoms with E-state index in [2.05, 4.69) is 10.6 Å². The lowest BCUT2D eigenvalue weighted by molar-refractivity contribution is -0.114. The van der Waals surface area contributed by atoms with Crippen molar-refractivity contribution < 1.29 is 14.4 Å². The highest BCUT2D eigenvalue weighted by Crippen LogP contribution is 2.17. The smallest absolute Gasteiger partial charge is 0.253 e. The van der Waals surface area contributed by atoms with Crippen molar-refractivity contribution in [3.05, 3.63) is 59.7 Å². The summed E-state index contributed by atoms with van der Waals surface area (Å²) in [6.07, 6.45) is 5.39. The minimum absolute atomic E-state index is 0.0162. The van der Waals surface area contributed by atoms with Crippen LogP contribution in [0.3, 0.4) is 0 Å². The van der Waals surface area contributed by atoms with Crippen molar-refractivity contribution in [1.82, 2.24) is 9.80 Å². The van der Waals surface area contributed by atoms with Gasteiger partial charge < -0.3 is 20.4 Å². The molecule has 0 bridgehead atoms. The monoisotopic (exact) mass is 434 g/mol. The highest BCUT2D eigenvalue weighted by molar-refractivity contribution is 5.98. The fourth-order valence-electron chi connectivity index (χ4n) is 4.23. The fourth-order valence-corrected chi connectivity index (χ4v) is 4.23. The maximum atomic E-state index is 12.7. The molecule has 2 fully saturated rings. The zero-order valence-corrected chi connectivity index (χ0v) is 18.3. The summed E-state index contributed by atoms with van der Waals surface area (Å²) in [6.45, 7) is 3.32. The van der Waals surface area contributed by atoms with E-state index in [-0.39, 0.29) is 24.3 Å². The van der Waals surface area contributed by atoms with Crippen LogP contribution in [0.4, 0.5) is 11.4 Å². The Morgan fingerprint density at radius 2 is 1.28 bits per heavy atom. The van der Waals surface area contributed by atoms with E-state index in [1.807, 2.05) is 21.9 Å². The number of benzene rings is 2. The van der Waals surface area contributed by atoms with Crippen LogP contribution in [0.25, 0.3) is 0 Å². The van der Waals surface area contributed by atoms with Crippen LogP contribution in [0.1, 0.15) is 52.8 Å². The highest BCUT2D eigenvalue weighted by atomic mass is 16.2. The normalized spacial score (nSPS) is 16.0. The summed E-state index contributed by atoms with van der Waals surface area (Å²) in [5.41, 5.74) is 2.63. The number of piperidine rings is 1. The predicted molar refractivity (Wildman–Crippen MR) is 125 cm³/mol. The van der Waals surface area contributed by atoms with Gasteiger partial charge in [0.05, 0.1) is 6.54 Å². The van der Waals surface area contributed by atoms with Crippen LogP contribution < -0.4 is 10.6 Å². The van der Waals surface area contributed by atoms with E-state index < -0.39 is 0 Å². The molecule has 2 saturated heterocycles. The predicted octanol–water partition coefficient (Wildman–Crippen LogP) is 3.60. The van der Waals surface area contributed by atoms with Crippen molar-refractivity contribution in [3.63, 3.8) is 0 Å². The van der Waals surface area contributed by atoms with E-state index in [1.165, 1.54) is 6.42 Å². The maximum Gasteiger partial charge on any atom is 0.253 e. The summed E-state index contributed by atoms with van der Waals surface area (Å²) in [5, 5.41) is 5.92. The van der Waals surface area contributed by atoms with Crippen molar-refractivity contribution >= 4 is 29.1 Å². The standard InChI is InChI=1S/C25H30N4O3/c30-23(18-26-21-11-9-19(10-12-21)24(31)28-15-4-5-16-28)27-22-8-6-7-20(17-22)25(32)29-13-2-1-3-14-29/h6-12,17,26H,1-5,13-16,18H2,(H,27,30). The van der Waals surface area contributed by atoms with Crippen LogP contribution in [0.5, 0.6) is 0 Å². The Bertz CT molecular complexity index is 961. The maximum absolute atomic E-state index is 12.7. The molecular weight excluding hydrogens is 404 g/mol. The van der Waals surface area contributed by atoms with Gasteiger partial charge in [-0.3, -0.25) is 14.4 Å². The van der Waals surface area contributed by atoms with Crippen LogP contribution in [-0.4, -0.2) is 60.2 Å². The molecule has 2 aromatic carbocycles. The summed E-state index contributed by atoms with van der Waals surface area (Å²) in [5.74, 6) is -0.127. The van der Waals surface area contributed by atoms with E-state index in [4.69, 9.17) is 0 Å². The van der Waals surface area contributed by atoms with Gasteiger partial charge in [-0.2, -0.15) is 0 Å². The number of nitrogens with zero attached hydrogens (tertiary/aromatic N) is 2. The number of hydrogen-bond acceptors (Lipinski definition) is 4. The van der Waals surface area contributed by atoms with Gasteiger partial charge in [0.25, 0.3) is 11.8 Å². The van der Waals surface area contributed by atoms with E-state index >= 15 is 0 Å². The molecule has 0 aromatic heterocycles. The fraction of sp³-hybridized carbons (Fsp3) is 0.400. The lowest BCUT2D eigenvalue weighted by atomic mass is 10.1. The first-order valence-corrected chi connectivity index (χ1v) is 11.4. The largest absolute Gasteiger partial charge is 0.376 e. The van der Waals surface area contributed by atoms with Crippen molar-refractivity contribution in [3.8, 4) is 0 Å². The van der Waals surface area contributed by atoms with Gasteiger partial charge in [0, 0.05) is 48.7 Å². The third-order valence-electron chi connectivity index (χ3n) is 6.01. The molecule has 2 heterocycles. The molecular formula is C25H30N4O3. The first-order chi connectivity index (χ1) is 15.6. The SMILES string of the molecule is O=C(CNc1ccc(C(=O)N2CCCC2)cc1)Nc1cccc(C(=O)N2CCCCC2)c1.